The highest BCUT2D eigenvalue weighted by atomic mass is 16.5. The van der Waals surface area contributed by atoms with Crippen LogP contribution in [0.2, 0.25) is 0 Å². The summed E-state index contributed by atoms with van der Waals surface area (Å²) in [5, 5.41) is 8.68. The van der Waals surface area contributed by atoms with E-state index in [1.54, 1.807) is 10.9 Å². The number of esters is 1. The molecule has 0 fully saturated rings. The molecule has 0 bridgehead atoms. The molecule has 0 amide bonds. The molecule has 4 aromatic rings. The van der Waals surface area contributed by atoms with Crippen LogP contribution in [0.5, 0.6) is 5.88 Å². The Morgan fingerprint density at radius 3 is 2.80 bits per heavy atom. The molecule has 2 unspecified atom stereocenters. The Labute approximate surface area is 235 Å². The van der Waals surface area contributed by atoms with Crippen LogP contribution in [0.3, 0.4) is 0 Å². The van der Waals surface area contributed by atoms with E-state index in [4.69, 9.17) is 9.47 Å². The number of carbonyl (C=O) groups is 1. The number of fused-ring (bicyclic) bond motifs is 3. The Kier molecular flexibility index (Phi) is 6.61. The van der Waals surface area contributed by atoms with E-state index < -0.39 is 5.41 Å². The predicted molar refractivity (Wildman–Crippen MR) is 153 cm³/mol. The Bertz CT molecular complexity index is 1590. The Balaban J connectivity index is 1.45. The van der Waals surface area contributed by atoms with Crippen molar-refractivity contribution < 1.29 is 14.3 Å². The summed E-state index contributed by atoms with van der Waals surface area (Å²) in [4.78, 5) is 20.3. The minimum atomic E-state index is -0.812. The summed E-state index contributed by atoms with van der Waals surface area (Å²) < 4.78 is 13.3. The third-order valence-electron chi connectivity index (χ3n) is 8.84. The van der Waals surface area contributed by atoms with Crippen molar-refractivity contribution >= 4 is 17.0 Å². The van der Waals surface area contributed by atoms with Gasteiger partial charge in [-0.2, -0.15) is 0 Å². The number of rotatable bonds is 5. The van der Waals surface area contributed by atoms with Crippen LogP contribution in [0.25, 0.3) is 11.0 Å². The van der Waals surface area contributed by atoms with Crippen LogP contribution in [0.4, 0.5) is 0 Å². The van der Waals surface area contributed by atoms with Crippen LogP contribution >= 0.6 is 0 Å². The zero-order valence-corrected chi connectivity index (χ0v) is 24.1. The van der Waals surface area contributed by atoms with E-state index in [0.717, 1.165) is 65.1 Å². The minimum Gasteiger partial charge on any atom is -0.473 e. The summed E-state index contributed by atoms with van der Waals surface area (Å²) in [7, 11) is 3.36. The van der Waals surface area contributed by atoms with E-state index in [-0.39, 0.29) is 24.0 Å². The summed E-state index contributed by atoms with van der Waals surface area (Å²) in [6, 6.07) is 15.3. The lowest BCUT2D eigenvalue weighted by Gasteiger charge is -2.35. The summed E-state index contributed by atoms with van der Waals surface area (Å²) >= 11 is 0. The van der Waals surface area contributed by atoms with Crippen molar-refractivity contribution in [3.05, 3.63) is 82.0 Å². The van der Waals surface area contributed by atoms with Gasteiger partial charge in [-0.1, -0.05) is 35.5 Å². The van der Waals surface area contributed by atoms with E-state index in [2.05, 4.69) is 70.4 Å². The molecule has 40 heavy (non-hydrogen) atoms. The van der Waals surface area contributed by atoms with Crippen molar-refractivity contribution in [2.24, 2.45) is 12.5 Å². The largest absolute Gasteiger partial charge is 0.473 e. The van der Waals surface area contributed by atoms with Gasteiger partial charge in [-0.15, -0.1) is 5.10 Å². The van der Waals surface area contributed by atoms with Gasteiger partial charge in [-0.3, -0.25) is 9.69 Å². The second-order valence-corrected chi connectivity index (χ2v) is 11.8. The average molecular weight is 540 g/mol. The minimum absolute atomic E-state index is 0.0377. The molecule has 0 spiro atoms. The van der Waals surface area contributed by atoms with Crippen LogP contribution in [-0.2, 0) is 29.5 Å². The van der Waals surface area contributed by atoms with Gasteiger partial charge in [-0.25, -0.2) is 9.67 Å². The fourth-order valence-electron chi connectivity index (χ4n) is 6.81. The monoisotopic (exact) mass is 539 g/mol. The number of carbonyl (C=O) groups excluding carboxylic acids is 1. The maximum absolute atomic E-state index is 13.3. The lowest BCUT2D eigenvalue weighted by atomic mass is 9.69. The molecule has 2 aromatic heterocycles. The summed E-state index contributed by atoms with van der Waals surface area (Å²) in [6.07, 6.45) is 3.91. The van der Waals surface area contributed by atoms with Gasteiger partial charge in [0.2, 0.25) is 5.88 Å². The fourth-order valence-corrected chi connectivity index (χ4v) is 6.81. The number of hydrogen-bond donors (Lipinski definition) is 0. The number of hydrogen-bond acceptors (Lipinski definition) is 7. The summed E-state index contributed by atoms with van der Waals surface area (Å²) in [5.41, 5.74) is 8.04. The Morgan fingerprint density at radius 1 is 1.18 bits per heavy atom. The number of methoxy groups -OCH3 is 1. The number of pyridine rings is 1. The van der Waals surface area contributed by atoms with Gasteiger partial charge < -0.3 is 9.47 Å². The van der Waals surface area contributed by atoms with Gasteiger partial charge in [0.1, 0.15) is 11.6 Å². The maximum Gasteiger partial charge on any atom is 0.312 e. The molecule has 8 nitrogen and oxygen atoms in total. The van der Waals surface area contributed by atoms with Gasteiger partial charge >= 0.3 is 5.97 Å². The van der Waals surface area contributed by atoms with Crippen LogP contribution in [-0.4, -0.2) is 50.6 Å². The first-order valence-electron chi connectivity index (χ1n) is 14.0. The molecule has 0 saturated carbocycles. The van der Waals surface area contributed by atoms with Gasteiger partial charge in [-0.05, 0) is 80.5 Å². The fraction of sp³-hybridized carbons (Fsp3) is 0.438. The van der Waals surface area contributed by atoms with E-state index in [0.29, 0.717) is 0 Å². The molecule has 0 radical (unpaired) electrons. The van der Waals surface area contributed by atoms with Crippen molar-refractivity contribution in [2.45, 2.75) is 65.1 Å². The molecule has 3 atom stereocenters. The van der Waals surface area contributed by atoms with Crippen molar-refractivity contribution in [2.75, 3.05) is 13.7 Å². The Hall–Kier alpha value is -3.78. The van der Waals surface area contributed by atoms with Crippen molar-refractivity contribution in [3.8, 4) is 5.88 Å². The molecule has 1 aliphatic carbocycles. The van der Waals surface area contributed by atoms with Crippen molar-refractivity contribution in [1.82, 2.24) is 24.9 Å². The predicted octanol–water partition coefficient (Wildman–Crippen LogP) is 5.27. The molecule has 0 saturated heterocycles. The topological polar surface area (TPSA) is 82.4 Å². The normalized spacial score (nSPS) is 19.9. The zero-order chi connectivity index (χ0) is 28.2. The van der Waals surface area contributed by atoms with Crippen LogP contribution in [0.15, 0.2) is 48.7 Å². The van der Waals surface area contributed by atoms with Crippen molar-refractivity contribution in [3.63, 3.8) is 0 Å². The lowest BCUT2D eigenvalue weighted by molar-refractivity contribution is -0.151. The third kappa shape index (κ3) is 4.35. The molecule has 0 N–H and O–H groups in total. The van der Waals surface area contributed by atoms with Crippen LogP contribution < -0.4 is 4.74 Å². The van der Waals surface area contributed by atoms with Gasteiger partial charge in [0, 0.05) is 43.9 Å². The second kappa shape index (κ2) is 10.0. The van der Waals surface area contributed by atoms with Gasteiger partial charge in [0.15, 0.2) is 0 Å². The zero-order valence-electron chi connectivity index (χ0n) is 24.1. The van der Waals surface area contributed by atoms with Gasteiger partial charge in [0.05, 0.1) is 18.0 Å². The molecule has 208 valence electrons. The molecule has 1 aliphatic heterocycles. The smallest absolute Gasteiger partial charge is 0.312 e. The number of nitrogens with zero attached hydrogens (tertiary/aromatic N) is 5. The quantitative estimate of drug-likeness (QED) is 0.320. The first-order valence-corrected chi connectivity index (χ1v) is 14.0. The molecule has 2 aromatic carbocycles. The summed E-state index contributed by atoms with van der Waals surface area (Å²) in [5.74, 6) is 0.268. The SMILES string of the molecule is COC(=O)C(C)(C)C(c1ccc2c(c1)C(N1Cc3cccnc3O[C@@H](C)C1)CC2)c1ccc2c(nnn2C)c1C. The van der Waals surface area contributed by atoms with Gasteiger partial charge in [0.25, 0.3) is 0 Å². The first kappa shape index (κ1) is 26.4. The molecule has 2 aliphatic rings. The third-order valence-corrected chi connectivity index (χ3v) is 8.84. The summed E-state index contributed by atoms with van der Waals surface area (Å²) in [6.45, 7) is 9.76. The average Bonchev–Trinajstić information content (AvgIpc) is 3.48. The molecular weight excluding hydrogens is 502 g/mol. The van der Waals surface area contributed by atoms with Crippen LogP contribution in [0, 0.1) is 12.3 Å². The Morgan fingerprint density at radius 2 is 2.00 bits per heavy atom. The number of benzene rings is 2. The van der Waals surface area contributed by atoms with E-state index in [9.17, 15) is 4.79 Å². The van der Waals surface area contributed by atoms with E-state index in [1.807, 2.05) is 27.0 Å². The van der Waals surface area contributed by atoms with Crippen LogP contribution in [0.1, 0.15) is 72.5 Å². The number of aromatic nitrogens is 4. The number of aryl methyl sites for hydroxylation is 3. The molecule has 3 heterocycles. The molecular formula is C32H37N5O3. The van der Waals surface area contributed by atoms with Crippen molar-refractivity contribution in [1.29, 1.82) is 0 Å². The number of ether oxygens (including phenoxy) is 2. The second-order valence-electron chi connectivity index (χ2n) is 11.8. The highest BCUT2D eigenvalue weighted by Crippen LogP contribution is 2.47. The first-order chi connectivity index (χ1) is 19.2. The molecule has 8 heteroatoms. The van der Waals surface area contributed by atoms with E-state index >= 15 is 0 Å². The highest BCUT2D eigenvalue weighted by Gasteiger charge is 2.42. The van der Waals surface area contributed by atoms with E-state index in [1.165, 1.54) is 18.2 Å². The highest BCUT2D eigenvalue weighted by molar-refractivity contribution is 5.82. The lowest BCUT2D eigenvalue weighted by Crippen LogP contribution is -2.34. The maximum atomic E-state index is 13.3. The molecule has 6 rings (SSSR count). The standard InChI is InChI=1S/C32H37N5O3/c1-19-17-37(18-23-8-7-15-33-30(23)40-19)26-13-11-21-9-10-22(16-25(21)26)28(32(3,4)31(38)39-6)24-12-14-27-29(20(24)2)34-35-36(27)5/h7-10,12,14-16,19,26,28H,11,13,17-18H2,1-6H3/t19-,26?,28?/m0/s1.